The molecule has 1 aromatic rings. The average molecular weight is 284 g/mol. The molecule has 2 aliphatic heterocycles. The molecule has 2 N–H and O–H groups in total. The maximum absolute atomic E-state index is 12.3. The normalized spacial score (nSPS) is 30.2. The first kappa shape index (κ1) is 13.3. The smallest absolute Gasteiger partial charge is 0.224 e. The molecule has 2 atom stereocenters. The first-order valence-corrected chi connectivity index (χ1v) is 8.44. The number of fused-ring (bicyclic) bond motifs is 3. The highest BCUT2D eigenvalue weighted by Gasteiger charge is 2.34. The van der Waals surface area contributed by atoms with E-state index in [1.807, 2.05) is 0 Å². The number of hydrogen-bond donors (Lipinski definition) is 2. The summed E-state index contributed by atoms with van der Waals surface area (Å²) >= 11 is 0. The maximum atomic E-state index is 12.3. The number of amides is 1. The number of piperidine rings is 1. The summed E-state index contributed by atoms with van der Waals surface area (Å²) in [5, 5.41) is 6.75. The van der Waals surface area contributed by atoms with Gasteiger partial charge in [-0.3, -0.25) is 4.79 Å². The number of nitrogens with one attached hydrogen (secondary N) is 2. The summed E-state index contributed by atoms with van der Waals surface area (Å²) in [6.45, 7) is 0. The van der Waals surface area contributed by atoms with Crippen LogP contribution in [0.25, 0.3) is 0 Å². The van der Waals surface area contributed by atoms with E-state index in [4.69, 9.17) is 0 Å². The minimum Gasteiger partial charge on any atom is -0.326 e. The number of aryl methyl sites for hydroxylation is 2. The molecule has 4 rings (SSSR count). The molecule has 0 spiro atoms. The standard InChI is InChI=1S/C18H24N2O/c21-18(10-12-8-15-6-7-16(9-12)19-15)20-17-5-4-13-2-1-3-14(13)11-17/h4-5,11-12,15-16,19H,1-3,6-10H2,(H,20,21). The van der Waals surface area contributed by atoms with Crippen molar-refractivity contribution in [1.82, 2.24) is 5.32 Å². The summed E-state index contributed by atoms with van der Waals surface area (Å²) in [6, 6.07) is 7.76. The molecule has 2 bridgehead atoms. The van der Waals surface area contributed by atoms with Crippen LogP contribution in [-0.2, 0) is 17.6 Å². The molecule has 2 unspecified atom stereocenters. The molecule has 21 heavy (non-hydrogen) atoms. The van der Waals surface area contributed by atoms with E-state index in [1.165, 1.54) is 49.7 Å². The van der Waals surface area contributed by atoms with Crippen molar-refractivity contribution in [2.75, 3.05) is 5.32 Å². The highest BCUT2D eigenvalue weighted by atomic mass is 16.1. The third-order valence-corrected chi connectivity index (χ3v) is 5.43. The minimum atomic E-state index is 0.194. The second-order valence-corrected chi connectivity index (χ2v) is 7.06. The van der Waals surface area contributed by atoms with Gasteiger partial charge in [-0.15, -0.1) is 0 Å². The van der Waals surface area contributed by atoms with E-state index < -0.39 is 0 Å². The van der Waals surface area contributed by atoms with Gasteiger partial charge in [-0.2, -0.15) is 0 Å². The van der Waals surface area contributed by atoms with Crippen LogP contribution in [0.5, 0.6) is 0 Å². The lowest BCUT2D eigenvalue weighted by atomic mass is 9.89. The van der Waals surface area contributed by atoms with E-state index in [1.54, 1.807) is 0 Å². The molecule has 2 saturated heterocycles. The van der Waals surface area contributed by atoms with E-state index in [0.717, 1.165) is 12.1 Å². The van der Waals surface area contributed by atoms with Crippen molar-refractivity contribution in [2.45, 2.75) is 63.5 Å². The van der Waals surface area contributed by atoms with Crippen LogP contribution in [0.15, 0.2) is 18.2 Å². The predicted octanol–water partition coefficient (Wildman–Crippen LogP) is 3.03. The lowest BCUT2D eigenvalue weighted by molar-refractivity contribution is -0.117. The zero-order valence-electron chi connectivity index (χ0n) is 12.5. The van der Waals surface area contributed by atoms with Gasteiger partial charge in [0.15, 0.2) is 0 Å². The molecule has 3 nitrogen and oxygen atoms in total. The SMILES string of the molecule is O=C(CC1CC2CCC(C1)N2)Nc1ccc2c(c1)CCC2. The number of carbonyl (C=O) groups excluding carboxylic acids is 1. The second-order valence-electron chi connectivity index (χ2n) is 7.06. The Hall–Kier alpha value is -1.35. The van der Waals surface area contributed by atoms with Gasteiger partial charge in [-0.1, -0.05) is 6.07 Å². The first-order valence-electron chi connectivity index (χ1n) is 8.44. The van der Waals surface area contributed by atoms with Crippen molar-refractivity contribution < 1.29 is 4.79 Å². The van der Waals surface area contributed by atoms with E-state index in [0.29, 0.717) is 24.4 Å². The zero-order chi connectivity index (χ0) is 14.2. The summed E-state index contributed by atoms with van der Waals surface area (Å²) in [5.41, 5.74) is 3.87. The largest absolute Gasteiger partial charge is 0.326 e. The van der Waals surface area contributed by atoms with E-state index >= 15 is 0 Å². The molecule has 0 radical (unpaired) electrons. The van der Waals surface area contributed by atoms with E-state index in [9.17, 15) is 4.79 Å². The summed E-state index contributed by atoms with van der Waals surface area (Å²) in [6.07, 6.45) is 9.25. The molecule has 2 fully saturated rings. The third kappa shape index (κ3) is 2.84. The van der Waals surface area contributed by atoms with Gasteiger partial charge in [0, 0.05) is 24.2 Å². The van der Waals surface area contributed by atoms with Crippen LogP contribution in [0.3, 0.4) is 0 Å². The molecule has 1 aromatic carbocycles. The molecule has 0 aromatic heterocycles. The summed E-state index contributed by atoms with van der Waals surface area (Å²) in [5.74, 6) is 0.762. The van der Waals surface area contributed by atoms with Gasteiger partial charge in [0.1, 0.15) is 0 Å². The van der Waals surface area contributed by atoms with Gasteiger partial charge >= 0.3 is 0 Å². The molecule has 3 heteroatoms. The van der Waals surface area contributed by atoms with Crippen molar-refractivity contribution in [3.8, 4) is 0 Å². The Bertz CT molecular complexity index is 542. The Labute approximate surface area is 126 Å². The molecule has 112 valence electrons. The number of anilines is 1. The summed E-state index contributed by atoms with van der Waals surface area (Å²) in [7, 11) is 0. The molecule has 1 aliphatic carbocycles. The van der Waals surface area contributed by atoms with E-state index in [-0.39, 0.29) is 5.91 Å². The molecular formula is C18H24N2O. The van der Waals surface area contributed by atoms with Crippen molar-refractivity contribution in [3.05, 3.63) is 29.3 Å². The third-order valence-electron chi connectivity index (χ3n) is 5.43. The first-order chi connectivity index (χ1) is 10.3. The quantitative estimate of drug-likeness (QED) is 0.896. The highest BCUT2D eigenvalue weighted by molar-refractivity contribution is 5.91. The summed E-state index contributed by atoms with van der Waals surface area (Å²) in [4.78, 5) is 12.3. The monoisotopic (exact) mass is 284 g/mol. The molecule has 1 amide bonds. The topological polar surface area (TPSA) is 41.1 Å². The number of carbonyl (C=O) groups is 1. The Morgan fingerprint density at radius 1 is 1.14 bits per heavy atom. The Morgan fingerprint density at radius 2 is 1.90 bits per heavy atom. The van der Waals surface area contributed by atoms with Gasteiger partial charge < -0.3 is 10.6 Å². The van der Waals surface area contributed by atoms with Gasteiger partial charge in [0.25, 0.3) is 0 Å². The highest BCUT2D eigenvalue weighted by Crippen LogP contribution is 2.33. The van der Waals surface area contributed by atoms with Gasteiger partial charge in [-0.05, 0) is 74.1 Å². The molecule has 2 heterocycles. The fraction of sp³-hybridized carbons (Fsp3) is 0.611. The maximum Gasteiger partial charge on any atom is 0.224 e. The average Bonchev–Trinajstić information content (AvgIpc) is 3.04. The van der Waals surface area contributed by atoms with Crippen molar-refractivity contribution in [2.24, 2.45) is 5.92 Å². The molecule has 3 aliphatic rings. The fourth-order valence-electron chi connectivity index (χ4n) is 4.47. The lowest BCUT2D eigenvalue weighted by Crippen LogP contribution is -2.39. The van der Waals surface area contributed by atoms with Crippen LogP contribution >= 0.6 is 0 Å². The minimum absolute atomic E-state index is 0.194. The van der Waals surface area contributed by atoms with Crippen LogP contribution in [-0.4, -0.2) is 18.0 Å². The second kappa shape index (κ2) is 5.45. The number of hydrogen-bond acceptors (Lipinski definition) is 2. The zero-order valence-corrected chi connectivity index (χ0v) is 12.5. The Kier molecular flexibility index (Phi) is 3.46. The van der Waals surface area contributed by atoms with Gasteiger partial charge in [-0.25, -0.2) is 0 Å². The lowest BCUT2D eigenvalue weighted by Gasteiger charge is -2.28. The summed E-state index contributed by atoms with van der Waals surface area (Å²) < 4.78 is 0. The molecular weight excluding hydrogens is 260 g/mol. The van der Waals surface area contributed by atoms with Crippen molar-refractivity contribution in [3.63, 3.8) is 0 Å². The van der Waals surface area contributed by atoms with Gasteiger partial charge in [0.05, 0.1) is 0 Å². The Balaban J connectivity index is 1.35. The van der Waals surface area contributed by atoms with Crippen molar-refractivity contribution in [1.29, 1.82) is 0 Å². The molecule has 0 saturated carbocycles. The van der Waals surface area contributed by atoms with Crippen LogP contribution in [0.4, 0.5) is 5.69 Å². The van der Waals surface area contributed by atoms with Crippen LogP contribution in [0.1, 0.15) is 49.7 Å². The van der Waals surface area contributed by atoms with Crippen LogP contribution in [0, 0.1) is 5.92 Å². The predicted molar refractivity (Wildman–Crippen MR) is 84.4 cm³/mol. The number of benzene rings is 1. The fourth-order valence-corrected chi connectivity index (χ4v) is 4.47. The van der Waals surface area contributed by atoms with Crippen LogP contribution < -0.4 is 10.6 Å². The van der Waals surface area contributed by atoms with Crippen LogP contribution in [0.2, 0.25) is 0 Å². The Morgan fingerprint density at radius 3 is 2.71 bits per heavy atom. The van der Waals surface area contributed by atoms with Crippen molar-refractivity contribution >= 4 is 11.6 Å². The van der Waals surface area contributed by atoms with Gasteiger partial charge in [0.2, 0.25) is 5.91 Å². The van der Waals surface area contributed by atoms with E-state index in [2.05, 4.69) is 28.8 Å². The number of rotatable bonds is 3.